The molecule has 0 atom stereocenters. The van der Waals surface area contributed by atoms with Crippen LogP contribution in [0.25, 0.3) is 6.08 Å². The molecule has 2 N–H and O–H groups in total. The molecule has 0 aromatic heterocycles. The summed E-state index contributed by atoms with van der Waals surface area (Å²) in [5.74, 6) is 0.797. The summed E-state index contributed by atoms with van der Waals surface area (Å²) in [5.41, 5.74) is 8.67. The van der Waals surface area contributed by atoms with Crippen LogP contribution in [-0.4, -0.2) is 12.9 Å². The quantitative estimate of drug-likeness (QED) is 0.789. The molecule has 0 spiro atoms. The number of ether oxygens (including phenoxy) is 1. The van der Waals surface area contributed by atoms with Gasteiger partial charge in [0.05, 0.1) is 7.11 Å². The van der Waals surface area contributed by atoms with Crippen molar-refractivity contribution in [3.8, 4) is 5.75 Å². The van der Waals surface area contributed by atoms with Crippen molar-refractivity contribution in [2.45, 2.75) is 20.4 Å². The Morgan fingerprint density at radius 2 is 2.19 bits per heavy atom. The lowest BCUT2D eigenvalue weighted by Crippen LogP contribution is -2.02. The van der Waals surface area contributed by atoms with Gasteiger partial charge in [-0.1, -0.05) is 12.1 Å². The lowest BCUT2D eigenvalue weighted by molar-refractivity contribution is -0.112. The Kier molecular flexibility index (Phi) is 4.26. The third kappa shape index (κ3) is 2.94. The van der Waals surface area contributed by atoms with E-state index < -0.39 is 0 Å². The zero-order chi connectivity index (χ0) is 12.1. The molecule has 3 heteroatoms. The monoisotopic (exact) mass is 219 g/mol. The first-order valence-corrected chi connectivity index (χ1v) is 5.14. The summed E-state index contributed by atoms with van der Waals surface area (Å²) in [6.45, 7) is 3.95. The average Bonchev–Trinajstić information content (AvgIpc) is 2.25. The number of benzene rings is 1. The van der Waals surface area contributed by atoms with Crippen molar-refractivity contribution in [3.05, 3.63) is 34.9 Å². The molecule has 0 heterocycles. The molecule has 86 valence electrons. The molecule has 1 rings (SSSR count). The molecular formula is C13H17NO2. The van der Waals surface area contributed by atoms with E-state index in [2.05, 4.69) is 0 Å². The Morgan fingerprint density at radius 3 is 2.69 bits per heavy atom. The molecule has 0 aliphatic carbocycles. The first-order valence-electron chi connectivity index (χ1n) is 5.14. The van der Waals surface area contributed by atoms with Crippen LogP contribution >= 0.6 is 0 Å². The SMILES string of the molecule is COc1cc(/C=C/C(C)=O)cc(C)c1CN. The van der Waals surface area contributed by atoms with Gasteiger partial charge in [-0.3, -0.25) is 4.79 Å². The minimum atomic E-state index is 0.0273. The van der Waals surface area contributed by atoms with Crippen LogP contribution in [0.3, 0.4) is 0 Å². The zero-order valence-corrected chi connectivity index (χ0v) is 9.91. The molecule has 0 radical (unpaired) electrons. The molecule has 0 saturated heterocycles. The smallest absolute Gasteiger partial charge is 0.152 e. The molecular weight excluding hydrogens is 202 g/mol. The van der Waals surface area contributed by atoms with Gasteiger partial charge in [-0.05, 0) is 37.1 Å². The second-order valence-corrected chi connectivity index (χ2v) is 3.67. The summed E-state index contributed by atoms with van der Waals surface area (Å²) in [6.07, 6.45) is 3.31. The molecule has 1 aromatic rings. The topological polar surface area (TPSA) is 52.3 Å². The summed E-state index contributed by atoms with van der Waals surface area (Å²) >= 11 is 0. The van der Waals surface area contributed by atoms with Crippen LogP contribution in [0.1, 0.15) is 23.6 Å². The maximum absolute atomic E-state index is 10.8. The Hall–Kier alpha value is -1.61. The van der Waals surface area contributed by atoms with E-state index in [4.69, 9.17) is 10.5 Å². The molecule has 0 bridgehead atoms. The van der Waals surface area contributed by atoms with Crippen LogP contribution in [0.5, 0.6) is 5.75 Å². The maximum atomic E-state index is 10.8. The van der Waals surface area contributed by atoms with Crippen molar-refractivity contribution in [1.29, 1.82) is 0 Å². The fourth-order valence-electron chi connectivity index (χ4n) is 1.57. The van der Waals surface area contributed by atoms with Crippen LogP contribution in [-0.2, 0) is 11.3 Å². The third-order valence-electron chi connectivity index (χ3n) is 2.39. The van der Waals surface area contributed by atoms with Crippen molar-refractivity contribution in [3.63, 3.8) is 0 Å². The molecule has 0 fully saturated rings. The summed E-state index contributed by atoms with van der Waals surface area (Å²) in [6, 6.07) is 3.87. The van der Waals surface area contributed by atoms with E-state index in [-0.39, 0.29) is 5.78 Å². The van der Waals surface area contributed by atoms with Crippen LogP contribution < -0.4 is 10.5 Å². The number of carbonyl (C=O) groups is 1. The minimum Gasteiger partial charge on any atom is -0.496 e. The summed E-state index contributed by atoms with van der Waals surface area (Å²) in [7, 11) is 1.62. The highest BCUT2D eigenvalue weighted by molar-refractivity contribution is 5.91. The highest BCUT2D eigenvalue weighted by Crippen LogP contribution is 2.24. The molecule has 16 heavy (non-hydrogen) atoms. The van der Waals surface area contributed by atoms with Gasteiger partial charge in [-0.25, -0.2) is 0 Å². The van der Waals surface area contributed by atoms with Gasteiger partial charge in [0.15, 0.2) is 5.78 Å². The highest BCUT2D eigenvalue weighted by atomic mass is 16.5. The Labute approximate surface area is 95.9 Å². The van der Waals surface area contributed by atoms with Crippen molar-refractivity contribution in [2.75, 3.05) is 7.11 Å². The predicted octanol–water partition coefficient (Wildman–Crippen LogP) is 2.06. The molecule has 1 aromatic carbocycles. The van der Waals surface area contributed by atoms with Gasteiger partial charge in [0.2, 0.25) is 0 Å². The van der Waals surface area contributed by atoms with Gasteiger partial charge in [0.25, 0.3) is 0 Å². The zero-order valence-electron chi connectivity index (χ0n) is 9.91. The van der Waals surface area contributed by atoms with Gasteiger partial charge >= 0.3 is 0 Å². The fraction of sp³-hybridized carbons (Fsp3) is 0.308. The standard InChI is InChI=1S/C13H17NO2/c1-9-6-11(5-4-10(2)15)7-13(16-3)12(9)8-14/h4-7H,8,14H2,1-3H3/b5-4+. The molecule has 0 amide bonds. The molecule has 3 nitrogen and oxygen atoms in total. The number of allylic oxidation sites excluding steroid dienone is 1. The van der Waals surface area contributed by atoms with Crippen LogP contribution in [0, 0.1) is 6.92 Å². The molecule has 0 aliphatic rings. The first-order chi connectivity index (χ1) is 7.58. The van der Waals surface area contributed by atoms with Gasteiger partial charge in [0, 0.05) is 12.1 Å². The largest absolute Gasteiger partial charge is 0.496 e. The Morgan fingerprint density at radius 1 is 1.50 bits per heavy atom. The second kappa shape index (κ2) is 5.47. The van der Waals surface area contributed by atoms with Crippen LogP contribution in [0.4, 0.5) is 0 Å². The molecule has 0 aliphatic heterocycles. The van der Waals surface area contributed by atoms with E-state index in [0.717, 1.165) is 22.4 Å². The van der Waals surface area contributed by atoms with E-state index in [1.807, 2.05) is 19.1 Å². The van der Waals surface area contributed by atoms with Gasteiger partial charge < -0.3 is 10.5 Å². The summed E-state index contributed by atoms with van der Waals surface area (Å²) < 4.78 is 5.27. The van der Waals surface area contributed by atoms with E-state index in [1.165, 1.54) is 13.0 Å². The number of hydrogen-bond donors (Lipinski definition) is 1. The lowest BCUT2D eigenvalue weighted by Gasteiger charge is -2.11. The number of carbonyl (C=O) groups excluding carboxylic acids is 1. The summed E-state index contributed by atoms with van der Waals surface area (Å²) in [5, 5.41) is 0. The molecule has 0 saturated carbocycles. The van der Waals surface area contributed by atoms with E-state index in [0.29, 0.717) is 6.54 Å². The molecule has 0 unspecified atom stereocenters. The van der Waals surface area contributed by atoms with Gasteiger partial charge in [0.1, 0.15) is 5.75 Å². The van der Waals surface area contributed by atoms with Crippen molar-refractivity contribution < 1.29 is 9.53 Å². The van der Waals surface area contributed by atoms with E-state index in [9.17, 15) is 4.79 Å². The third-order valence-corrected chi connectivity index (χ3v) is 2.39. The average molecular weight is 219 g/mol. The normalized spacial score (nSPS) is 10.8. The second-order valence-electron chi connectivity index (χ2n) is 3.67. The van der Waals surface area contributed by atoms with Crippen molar-refractivity contribution in [1.82, 2.24) is 0 Å². The van der Waals surface area contributed by atoms with Crippen molar-refractivity contribution >= 4 is 11.9 Å². The number of ketones is 1. The predicted molar refractivity (Wildman–Crippen MR) is 65.3 cm³/mol. The van der Waals surface area contributed by atoms with E-state index >= 15 is 0 Å². The maximum Gasteiger partial charge on any atom is 0.152 e. The van der Waals surface area contributed by atoms with Gasteiger partial charge in [-0.15, -0.1) is 0 Å². The minimum absolute atomic E-state index is 0.0273. The van der Waals surface area contributed by atoms with Crippen molar-refractivity contribution in [2.24, 2.45) is 5.73 Å². The Balaban J connectivity index is 3.15. The lowest BCUT2D eigenvalue weighted by atomic mass is 10.0. The number of hydrogen-bond acceptors (Lipinski definition) is 3. The number of rotatable bonds is 4. The van der Waals surface area contributed by atoms with Gasteiger partial charge in [-0.2, -0.15) is 0 Å². The number of aryl methyl sites for hydroxylation is 1. The van der Waals surface area contributed by atoms with Crippen LogP contribution in [0.15, 0.2) is 18.2 Å². The summed E-state index contributed by atoms with van der Waals surface area (Å²) in [4.78, 5) is 10.8. The number of nitrogens with two attached hydrogens (primary N) is 1. The highest BCUT2D eigenvalue weighted by Gasteiger charge is 2.05. The fourth-order valence-corrected chi connectivity index (χ4v) is 1.57. The number of methoxy groups -OCH3 is 1. The van der Waals surface area contributed by atoms with Crippen LogP contribution in [0.2, 0.25) is 0 Å². The van der Waals surface area contributed by atoms with E-state index in [1.54, 1.807) is 13.2 Å². The Bertz CT molecular complexity index is 422. The first kappa shape index (κ1) is 12.5.